The highest BCUT2D eigenvalue weighted by molar-refractivity contribution is 4.63. The highest BCUT2D eigenvalue weighted by Gasteiger charge is 1.92. The molecule has 0 unspecified atom stereocenters. The summed E-state index contributed by atoms with van der Waals surface area (Å²) in [6.45, 7) is 6.82. The Balaban J connectivity index is 2.77. The summed E-state index contributed by atoms with van der Waals surface area (Å²) in [7, 11) is 0. The molecule has 0 fully saturated rings. The minimum absolute atomic E-state index is 0.884. The zero-order valence-electron chi connectivity index (χ0n) is 7.69. The van der Waals surface area contributed by atoms with Gasteiger partial charge in [0.15, 0.2) is 0 Å². The van der Waals surface area contributed by atoms with Crippen molar-refractivity contribution in [1.82, 2.24) is 0 Å². The van der Waals surface area contributed by atoms with Gasteiger partial charge in [0.1, 0.15) is 0 Å². The molecule has 0 heterocycles. The second-order valence-corrected chi connectivity index (χ2v) is 3.40. The van der Waals surface area contributed by atoms with Gasteiger partial charge < -0.3 is 0 Å². The van der Waals surface area contributed by atoms with Crippen molar-refractivity contribution in [2.75, 3.05) is 0 Å². The van der Waals surface area contributed by atoms with Gasteiger partial charge >= 0.3 is 0 Å². The molecule has 0 bridgehead atoms. The molecule has 0 nitrogen and oxygen atoms in total. The molecule has 61 valence electrons. The minimum Gasteiger partial charge on any atom is -0.0654 e. The fraction of sp³-hybridized carbons (Fsp3) is 0.900. The van der Waals surface area contributed by atoms with Crippen molar-refractivity contribution >= 4 is 0 Å². The summed E-state index contributed by atoms with van der Waals surface area (Å²) in [6, 6.07) is 0. The maximum Gasteiger partial charge on any atom is -0.0386 e. The predicted octanol–water partition coefficient (Wildman–Crippen LogP) is 3.82. The molecule has 0 aromatic heterocycles. The van der Waals surface area contributed by atoms with E-state index in [1.165, 1.54) is 32.1 Å². The third-order valence-corrected chi connectivity index (χ3v) is 1.68. The zero-order chi connectivity index (χ0) is 7.82. The van der Waals surface area contributed by atoms with Gasteiger partial charge in [0.25, 0.3) is 0 Å². The van der Waals surface area contributed by atoms with Crippen LogP contribution in [0.4, 0.5) is 0 Å². The van der Waals surface area contributed by atoms with E-state index in [0.29, 0.717) is 0 Å². The van der Waals surface area contributed by atoms with E-state index in [2.05, 4.69) is 27.2 Å². The molecule has 0 aliphatic rings. The van der Waals surface area contributed by atoms with E-state index in [1.807, 2.05) is 0 Å². The lowest BCUT2D eigenvalue weighted by Crippen LogP contribution is -1.86. The van der Waals surface area contributed by atoms with Crippen LogP contribution in [0.1, 0.15) is 52.9 Å². The molecule has 0 spiro atoms. The highest BCUT2D eigenvalue weighted by atomic mass is 14.0. The molecule has 0 N–H and O–H groups in total. The molecule has 0 saturated carbocycles. The van der Waals surface area contributed by atoms with Crippen LogP contribution in [0.5, 0.6) is 0 Å². The molecule has 0 atom stereocenters. The Labute approximate surface area is 66.0 Å². The van der Waals surface area contributed by atoms with E-state index in [-0.39, 0.29) is 0 Å². The lowest BCUT2D eigenvalue weighted by molar-refractivity contribution is 0.549. The highest BCUT2D eigenvalue weighted by Crippen LogP contribution is 2.09. The summed E-state index contributed by atoms with van der Waals surface area (Å²) in [5.74, 6) is 0.884. The summed E-state index contributed by atoms with van der Waals surface area (Å²) >= 11 is 0. The van der Waals surface area contributed by atoms with E-state index >= 15 is 0 Å². The normalized spacial score (nSPS) is 10.8. The predicted molar refractivity (Wildman–Crippen MR) is 47.9 cm³/mol. The van der Waals surface area contributed by atoms with Crippen LogP contribution in [-0.4, -0.2) is 0 Å². The van der Waals surface area contributed by atoms with Crippen molar-refractivity contribution in [3.05, 3.63) is 6.42 Å². The monoisotopic (exact) mass is 141 g/mol. The van der Waals surface area contributed by atoms with E-state index in [4.69, 9.17) is 0 Å². The van der Waals surface area contributed by atoms with Gasteiger partial charge in [-0.2, -0.15) is 0 Å². The molecule has 0 aromatic rings. The van der Waals surface area contributed by atoms with Crippen LogP contribution in [0.2, 0.25) is 0 Å². The molecule has 1 radical (unpaired) electrons. The van der Waals surface area contributed by atoms with Gasteiger partial charge in [0.2, 0.25) is 0 Å². The molecule has 0 rings (SSSR count). The Hall–Kier alpha value is 0. The third kappa shape index (κ3) is 8.00. The fourth-order valence-corrected chi connectivity index (χ4v) is 1.02. The molecule has 0 aromatic carbocycles. The molecule has 0 aliphatic heterocycles. The number of hydrogen-bond donors (Lipinski definition) is 0. The second-order valence-electron chi connectivity index (χ2n) is 3.40. The first kappa shape index (κ1) is 10.0. The summed E-state index contributed by atoms with van der Waals surface area (Å²) in [5, 5.41) is 0. The third-order valence-electron chi connectivity index (χ3n) is 1.68. The van der Waals surface area contributed by atoms with E-state index in [9.17, 15) is 0 Å². The zero-order valence-corrected chi connectivity index (χ0v) is 7.69. The van der Waals surface area contributed by atoms with E-state index in [1.54, 1.807) is 0 Å². The first-order valence-electron chi connectivity index (χ1n) is 4.59. The van der Waals surface area contributed by atoms with Gasteiger partial charge in [0, 0.05) is 0 Å². The fourth-order valence-electron chi connectivity index (χ4n) is 1.02. The molecule has 0 amide bonds. The Kier molecular flexibility index (Phi) is 7.11. The van der Waals surface area contributed by atoms with Crippen molar-refractivity contribution in [2.45, 2.75) is 52.9 Å². The quantitative estimate of drug-likeness (QED) is 0.493. The lowest BCUT2D eigenvalue weighted by Gasteiger charge is -2.02. The molecular weight excluding hydrogens is 120 g/mol. The van der Waals surface area contributed by atoms with Gasteiger partial charge in [0.05, 0.1) is 0 Å². The SMILES string of the molecule is CCC[CH]CCCC(C)C. The van der Waals surface area contributed by atoms with Crippen LogP contribution in [-0.2, 0) is 0 Å². The average molecular weight is 141 g/mol. The Morgan fingerprint density at radius 3 is 2.40 bits per heavy atom. The van der Waals surface area contributed by atoms with E-state index < -0.39 is 0 Å². The summed E-state index contributed by atoms with van der Waals surface area (Å²) in [4.78, 5) is 0. The molecular formula is C10H21. The van der Waals surface area contributed by atoms with Gasteiger partial charge in [-0.05, 0) is 12.3 Å². The van der Waals surface area contributed by atoms with Crippen LogP contribution >= 0.6 is 0 Å². The van der Waals surface area contributed by atoms with Crippen molar-refractivity contribution < 1.29 is 0 Å². The molecule has 10 heavy (non-hydrogen) atoms. The Morgan fingerprint density at radius 1 is 1.20 bits per heavy atom. The number of unbranched alkanes of at least 4 members (excludes halogenated alkanes) is 4. The van der Waals surface area contributed by atoms with Crippen molar-refractivity contribution in [2.24, 2.45) is 5.92 Å². The second kappa shape index (κ2) is 7.11. The van der Waals surface area contributed by atoms with Crippen molar-refractivity contribution in [3.8, 4) is 0 Å². The van der Waals surface area contributed by atoms with Crippen LogP contribution < -0.4 is 0 Å². The van der Waals surface area contributed by atoms with Crippen LogP contribution in [0.25, 0.3) is 0 Å². The van der Waals surface area contributed by atoms with Gasteiger partial charge in [-0.3, -0.25) is 0 Å². The summed E-state index contributed by atoms with van der Waals surface area (Å²) in [5.41, 5.74) is 0. The summed E-state index contributed by atoms with van der Waals surface area (Å²) in [6.07, 6.45) is 9.13. The first-order chi connectivity index (χ1) is 4.77. The largest absolute Gasteiger partial charge is 0.0654 e. The standard InChI is InChI=1S/C10H21/c1-4-5-6-7-8-9-10(2)3/h6,10H,4-5,7-9H2,1-3H3. The van der Waals surface area contributed by atoms with Gasteiger partial charge in [-0.1, -0.05) is 52.9 Å². The topological polar surface area (TPSA) is 0 Å². The molecule has 0 heteroatoms. The Morgan fingerprint density at radius 2 is 1.90 bits per heavy atom. The van der Waals surface area contributed by atoms with Gasteiger partial charge in [-0.15, -0.1) is 0 Å². The number of rotatable bonds is 6. The number of hydrogen-bond acceptors (Lipinski definition) is 0. The average Bonchev–Trinajstić information content (AvgIpc) is 1.87. The van der Waals surface area contributed by atoms with Crippen LogP contribution in [0.15, 0.2) is 0 Å². The molecule has 0 aliphatic carbocycles. The first-order valence-corrected chi connectivity index (χ1v) is 4.59. The van der Waals surface area contributed by atoms with Crippen molar-refractivity contribution in [3.63, 3.8) is 0 Å². The lowest BCUT2D eigenvalue weighted by atomic mass is 10.0. The smallest absolute Gasteiger partial charge is 0.0386 e. The Bertz CT molecular complexity index is 55.1. The van der Waals surface area contributed by atoms with Crippen LogP contribution in [0.3, 0.4) is 0 Å². The maximum atomic E-state index is 2.42. The minimum atomic E-state index is 0.884. The van der Waals surface area contributed by atoms with E-state index in [0.717, 1.165) is 5.92 Å². The maximum absolute atomic E-state index is 2.42. The summed E-state index contributed by atoms with van der Waals surface area (Å²) < 4.78 is 0. The van der Waals surface area contributed by atoms with Gasteiger partial charge in [-0.25, -0.2) is 0 Å². The molecule has 0 saturated heterocycles. The van der Waals surface area contributed by atoms with Crippen molar-refractivity contribution in [1.29, 1.82) is 0 Å². The van der Waals surface area contributed by atoms with Crippen LogP contribution in [0, 0.1) is 12.3 Å².